The lowest BCUT2D eigenvalue weighted by atomic mass is 9.97. The lowest BCUT2D eigenvalue weighted by molar-refractivity contribution is 0.153. The summed E-state index contributed by atoms with van der Waals surface area (Å²) in [6.07, 6.45) is 2.63. The van der Waals surface area contributed by atoms with Crippen molar-refractivity contribution in [2.45, 2.75) is 65.1 Å². The van der Waals surface area contributed by atoms with Gasteiger partial charge in [0, 0.05) is 18.0 Å². The summed E-state index contributed by atoms with van der Waals surface area (Å²) in [4.78, 5) is 2.44. The lowest BCUT2D eigenvalue weighted by Gasteiger charge is -2.28. The van der Waals surface area contributed by atoms with Gasteiger partial charge in [-0.15, -0.1) is 10.2 Å². The van der Waals surface area contributed by atoms with Crippen molar-refractivity contribution in [2.24, 2.45) is 5.92 Å². The Morgan fingerprint density at radius 2 is 1.84 bits per heavy atom. The summed E-state index contributed by atoms with van der Waals surface area (Å²) < 4.78 is 11.2. The first-order valence-electron chi connectivity index (χ1n) is 9.06. The molecule has 25 heavy (non-hydrogen) atoms. The molecule has 0 aliphatic heterocycles. The maximum Gasteiger partial charge on any atom is 0.230 e. The third-order valence-corrected chi connectivity index (χ3v) is 4.87. The molecule has 1 aromatic heterocycles. The van der Waals surface area contributed by atoms with Crippen LogP contribution in [-0.2, 0) is 18.5 Å². The summed E-state index contributed by atoms with van der Waals surface area (Å²) >= 11 is 0. The number of aromatic nitrogens is 2. The van der Waals surface area contributed by atoms with E-state index in [9.17, 15) is 0 Å². The molecule has 0 spiro atoms. The topological polar surface area (TPSA) is 51.4 Å². The number of rotatable bonds is 7. The van der Waals surface area contributed by atoms with Crippen molar-refractivity contribution in [1.29, 1.82) is 0 Å². The zero-order valence-electron chi connectivity index (χ0n) is 16.0. The van der Waals surface area contributed by atoms with Crippen molar-refractivity contribution in [3.05, 3.63) is 41.6 Å². The third-order valence-electron chi connectivity index (χ3n) is 4.87. The first kappa shape index (κ1) is 17.9. The molecule has 136 valence electrons. The Bertz CT molecular complexity index is 684. The van der Waals surface area contributed by atoms with Gasteiger partial charge in [-0.3, -0.25) is 4.90 Å². The van der Waals surface area contributed by atoms with Crippen LogP contribution in [0.1, 0.15) is 57.9 Å². The average molecular weight is 343 g/mol. The van der Waals surface area contributed by atoms with Crippen LogP contribution in [0.5, 0.6) is 5.75 Å². The zero-order valence-corrected chi connectivity index (χ0v) is 16.0. The molecule has 5 nitrogen and oxygen atoms in total. The van der Waals surface area contributed by atoms with Crippen molar-refractivity contribution in [3.63, 3.8) is 0 Å². The molecule has 1 aliphatic carbocycles. The minimum Gasteiger partial charge on any atom is -0.497 e. The van der Waals surface area contributed by atoms with Crippen molar-refractivity contribution < 1.29 is 9.15 Å². The molecule has 1 saturated carbocycles. The summed E-state index contributed by atoms with van der Waals surface area (Å²) in [7, 11) is 1.69. The van der Waals surface area contributed by atoms with Gasteiger partial charge in [-0.2, -0.15) is 0 Å². The molecular formula is C20H29N3O2. The van der Waals surface area contributed by atoms with Crippen LogP contribution in [0.2, 0.25) is 0 Å². The second kappa shape index (κ2) is 7.16. The summed E-state index contributed by atoms with van der Waals surface area (Å²) in [6, 6.07) is 8.78. The molecule has 3 rings (SSSR count). The van der Waals surface area contributed by atoms with Gasteiger partial charge in [-0.1, -0.05) is 32.9 Å². The van der Waals surface area contributed by atoms with Crippen LogP contribution in [0.15, 0.2) is 28.7 Å². The molecule has 0 bridgehead atoms. The number of methoxy groups -OCH3 is 1. The number of ether oxygens (including phenoxy) is 1. The molecular weight excluding hydrogens is 314 g/mol. The van der Waals surface area contributed by atoms with Crippen LogP contribution in [0.3, 0.4) is 0 Å². The Balaban J connectivity index is 1.73. The fraction of sp³-hybridized carbons (Fsp3) is 0.600. The largest absolute Gasteiger partial charge is 0.497 e. The SMILES string of the molecule is COc1ccc(CN(Cc2nnc(C(C)(C)C)o2)C(C)C2CC2)cc1. The van der Waals surface area contributed by atoms with Crippen LogP contribution in [-0.4, -0.2) is 28.2 Å². The summed E-state index contributed by atoms with van der Waals surface area (Å²) in [5, 5.41) is 8.51. The van der Waals surface area contributed by atoms with Crippen LogP contribution >= 0.6 is 0 Å². The fourth-order valence-corrected chi connectivity index (χ4v) is 2.98. The summed E-state index contributed by atoms with van der Waals surface area (Å²) in [6.45, 7) is 10.1. The second-order valence-electron chi connectivity index (χ2n) is 8.08. The molecule has 0 saturated heterocycles. The molecule has 1 fully saturated rings. The van der Waals surface area contributed by atoms with Crippen LogP contribution in [0, 0.1) is 5.92 Å². The van der Waals surface area contributed by atoms with Gasteiger partial charge in [0.2, 0.25) is 11.8 Å². The molecule has 1 unspecified atom stereocenters. The maximum absolute atomic E-state index is 5.92. The standard InChI is InChI=1S/C20H29N3O2/c1-14(16-8-9-16)23(12-15-6-10-17(24-5)11-7-15)13-18-21-22-19(25-18)20(2,3)4/h6-7,10-11,14,16H,8-9,12-13H2,1-5H3. The molecule has 1 aliphatic rings. The van der Waals surface area contributed by atoms with E-state index in [2.05, 4.69) is 54.9 Å². The van der Waals surface area contributed by atoms with Crippen LogP contribution < -0.4 is 4.74 Å². The van der Waals surface area contributed by atoms with Crippen LogP contribution in [0.25, 0.3) is 0 Å². The molecule has 0 N–H and O–H groups in total. The molecule has 1 atom stereocenters. The van der Waals surface area contributed by atoms with E-state index in [1.165, 1.54) is 18.4 Å². The zero-order chi connectivity index (χ0) is 18.0. The van der Waals surface area contributed by atoms with Crippen molar-refractivity contribution >= 4 is 0 Å². The number of hydrogen-bond donors (Lipinski definition) is 0. The summed E-state index contributed by atoms with van der Waals surface area (Å²) in [5.74, 6) is 3.07. The predicted octanol–water partition coefficient (Wildman–Crippen LogP) is 4.18. The Morgan fingerprint density at radius 3 is 2.36 bits per heavy atom. The van der Waals surface area contributed by atoms with Crippen molar-refractivity contribution in [1.82, 2.24) is 15.1 Å². The van der Waals surface area contributed by atoms with Gasteiger partial charge < -0.3 is 9.15 Å². The molecule has 0 radical (unpaired) electrons. The fourth-order valence-electron chi connectivity index (χ4n) is 2.98. The van der Waals surface area contributed by atoms with Crippen molar-refractivity contribution in [3.8, 4) is 5.75 Å². The van der Waals surface area contributed by atoms with Gasteiger partial charge in [-0.05, 0) is 43.4 Å². The van der Waals surface area contributed by atoms with Gasteiger partial charge in [0.05, 0.1) is 13.7 Å². The molecule has 2 aromatic rings. The van der Waals surface area contributed by atoms with Gasteiger partial charge >= 0.3 is 0 Å². The second-order valence-corrected chi connectivity index (χ2v) is 8.08. The minimum atomic E-state index is -0.117. The summed E-state index contributed by atoms with van der Waals surface area (Å²) in [5.41, 5.74) is 1.15. The number of benzene rings is 1. The first-order valence-corrected chi connectivity index (χ1v) is 9.06. The van der Waals surface area contributed by atoms with E-state index < -0.39 is 0 Å². The lowest BCUT2D eigenvalue weighted by Crippen LogP contribution is -2.33. The normalized spacial score (nSPS) is 16.2. The molecule has 5 heteroatoms. The van der Waals surface area contributed by atoms with E-state index in [4.69, 9.17) is 9.15 Å². The van der Waals surface area contributed by atoms with E-state index in [0.717, 1.165) is 18.2 Å². The quantitative estimate of drug-likeness (QED) is 0.755. The third kappa shape index (κ3) is 4.60. The van der Waals surface area contributed by atoms with E-state index >= 15 is 0 Å². The highest BCUT2D eigenvalue weighted by Gasteiger charge is 2.33. The number of hydrogen-bond acceptors (Lipinski definition) is 5. The van der Waals surface area contributed by atoms with E-state index in [1.54, 1.807) is 7.11 Å². The van der Waals surface area contributed by atoms with Crippen molar-refractivity contribution in [2.75, 3.05) is 7.11 Å². The predicted molar refractivity (Wildman–Crippen MR) is 97.4 cm³/mol. The van der Waals surface area contributed by atoms with E-state index in [-0.39, 0.29) is 5.41 Å². The van der Waals surface area contributed by atoms with E-state index in [0.29, 0.717) is 24.4 Å². The highest BCUT2D eigenvalue weighted by molar-refractivity contribution is 5.27. The van der Waals surface area contributed by atoms with Crippen LogP contribution in [0.4, 0.5) is 0 Å². The van der Waals surface area contributed by atoms with E-state index in [1.807, 2.05) is 12.1 Å². The minimum absolute atomic E-state index is 0.117. The Hall–Kier alpha value is -1.88. The molecule has 0 amide bonds. The molecule has 1 aromatic carbocycles. The smallest absolute Gasteiger partial charge is 0.230 e. The monoisotopic (exact) mass is 343 g/mol. The first-order chi connectivity index (χ1) is 11.9. The van der Waals surface area contributed by atoms with Gasteiger partial charge in [-0.25, -0.2) is 0 Å². The van der Waals surface area contributed by atoms with Gasteiger partial charge in [0.25, 0.3) is 0 Å². The Labute approximate surface area is 150 Å². The highest BCUT2D eigenvalue weighted by atomic mass is 16.5. The Morgan fingerprint density at radius 1 is 1.16 bits per heavy atom. The average Bonchev–Trinajstić information content (AvgIpc) is 3.32. The maximum atomic E-state index is 5.92. The molecule has 1 heterocycles. The highest BCUT2D eigenvalue weighted by Crippen LogP contribution is 2.36. The number of nitrogens with zero attached hydrogens (tertiary/aromatic N) is 3. The van der Waals surface area contributed by atoms with Gasteiger partial charge in [0.15, 0.2) is 0 Å². The Kier molecular flexibility index (Phi) is 5.13. The van der Waals surface area contributed by atoms with Gasteiger partial charge in [0.1, 0.15) is 5.75 Å².